The molecule has 1 unspecified atom stereocenters. The summed E-state index contributed by atoms with van der Waals surface area (Å²) in [6.07, 6.45) is 0. The predicted octanol–water partition coefficient (Wildman–Crippen LogP) is -0.336. The molecule has 1 fully saturated rings. The van der Waals surface area contributed by atoms with Crippen LogP contribution in [-0.4, -0.2) is 35.0 Å². The first-order valence-corrected chi connectivity index (χ1v) is 4.24. The van der Waals surface area contributed by atoms with Crippen LogP contribution in [0.2, 0.25) is 0 Å². The van der Waals surface area contributed by atoms with Gasteiger partial charge in [0.1, 0.15) is 5.54 Å². The van der Waals surface area contributed by atoms with Gasteiger partial charge >= 0.3 is 6.03 Å². The summed E-state index contributed by atoms with van der Waals surface area (Å²) >= 11 is 0. The van der Waals surface area contributed by atoms with E-state index in [1.54, 1.807) is 20.8 Å². The van der Waals surface area contributed by atoms with Crippen LogP contribution in [0, 0.1) is 0 Å². The molecule has 0 spiro atoms. The van der Waals surface area contributed by atoms with Crippen LogP contribution in [0.25, 0.3) is 0 Å². The van der Waals surface area contributed by atoms with Gasteiger partial charge in [-0.05, 0) is 20.8 Å². The summed E-state index contributed by atoms with van der Waals surface area (Å²) in [6, 6.07) is -0.483. The second-order valence-corrected chi connectivity index (χ2v) is 3.91. The van der Waals surface area contributed by atoms with Crippen molar-refractivity contribution in [2.45, 2.75) is 32.4 Å². The normalized spacial score (nSPS) is 23.2. The number of nitrogens with one attached hydrogen (secondary N) is 1. The molecule has 1 atom stereocenters. The predicted molar refractivity (Wildman–Crippen MR) is 48.0 cm³/mol. The van der Waals surface area contributed by atoms with E-state index in [2.05, 4.69) is 5.32 Å². The van der Waals surface area contributed by atoms with Crippen molar-refractivity contribution in [1.82, 2.24) is 10.2 Å². The lowest BCUT2D eigenvalue weighted by atomic mass is 10.0. The Morgan fingerprint density at radius 1 is 1.54 bits per heavy atom. The average Bonchev–Trinajstić information content (AvgIpc) is 2.13. The van der Waals surface area contributed by atoms with E-state index < -0.39 is 5.54 Å². The van der Waals surface area contributed by atoms with Gasteiger partial charge in [-0.1, -0.05) is 0 Å². The van der Waals surface area contributed by atoms with Gasteiger partial charge in [0.25, 0.3) is 5.91 Å². The first-order valence-electron chi connectivity index (χ1n) is 4.24. The van der Waals surface area contributed by atoms with Crippen molar-refractivity contribution in [2.24, 2.45) is 5.73 Å². The van der Waals surface area contributed by atoms with Crippen LogP contribution in [0.15, 0.2) is 0 Å². The molecule has 1 rings (SSSR count). The van der Waals surface area contributed by atoms with Crippen molar-refractivity contribution in [3.05, 3.63) is 0 Å². The molecule has 5 nitrogen and oxygen atoms in total. The highest BCUT2D eigenvalue weighted by Crippen LogP contribution is 2.20. The summed E-state index contributed by atoms with van der Waals surface area (Å²) in [7, 11) is 0. The van der Waals surface area contributed by atoms with E-state index in [1.165, 1.54) is 4.90 Å². The van der Waals surface area contributed by atoms with Gasteiger partial charge in [-0.3, -0.25) is 10.1 Å². The molecule has 1 aliphatic heterocycles. The van der Waals surface area contributed by atoms with E-state index in [0.717, 1.165) is 0 Å². The molecule has 0 radical (unpaired) electrons. The van der Waals surface area contributed by atoms with E-state index in [9.17, 15) is 9.59 Å². The number of hydrogen-bond acceptors (Lipinski definition) is 3. The van der Waals surface area contributed by atoms with Crippen LogP contribution in [0.3, 0.4) is 0 Å². The minimum absolute atomic E-state index is 0.129. The molecule has 3 amide bonds. The van der Waals surface area contributed by atoms with Gasteiger partial charge in [-0.25, -0.2) is 4.79 Å². The Hall–Kier alpha value is -1.10. The van der Waals surface area contributed by atoms with E-state index in [0.29, 0.717) is 6.54 Å². The molecule has 0 saturated carbocycles. The van der Waals surface area contributed by atoms with E-state index >= 15 is 0 Å². The second kappa shape index (κ2) is 2.99. The van der Waals surface area contributed by atoms with Gasteiger partial charge in [0.15, 0.2) is 0 Å². The number of carbonyl (C=O) groups is 2. The Labute approximate surface area is 77.3 Å². The van der Waals surface area contributed by atoms with Crippen LogP contribution >= 0.6 is 0 Å². The molecule has 0 aliphatic carbocycles. The molecule has 1 saturated heterocycles. The number of nitrogens with zero attached hydrogens (tertiary/aromatic N) is 1. The Balaban J connectivity index is 2.82. The molecule has 74 valence electrons. The summed E-state index contributed by atoms with van der Waals surface area (Å²) in [5.74, 6) is -0.266. The third kappa shape index (κ3) is 1.65. The van der Waals surface area contributed by atoms with Crippen LogP contribution in [0.5, 0.6) is 0 Å². The Morgan fingerprint density at radius 2 is 2.08 bits per heavy atom. The largest absolute Gasteiger partial charge is 0.326 e. The van der Waals surface area contributed by atoms with Crippen molar-refractivity contribution in [1.29, 1.82) is 0 Å². The molecule has 3 N–H and O–H groups in total. The maximum Gasteiger partial charge on any atom is 0.325 e. The molecule has 1 heterocycles. The Kier molecular flexibility index (Phi) is 2.30. The van der Waals surface area contributed by atoms with Gasteiger partial charge < -0.3 is 10.6 Å². The molecule has 0 aromatic rings. The number of imide groups is 1. The highest BCUT2D eigenvalue weighted by atomic mass is 16.2. The first kappa shape index (κ1) is 9.98. The number of hydrogen-bond donors (Lipinski definition) is 2. The Morgan fingerprint density at radius 3 is 2.38 bits per heavy atom. The fourth-order valence-electron chi connectivity index (χ4n) is 1.29. The summed E-state index contributed by atoms with van der Waals surface area (Å²) in [6.45, 7) is 5.60. The fourth-order valence-corrected chi connectivity index (χ4v) is 1.29. The highest BCUT2D eigenvalue weighted by Gasteiger charge is 2.45. The third-order valence-corrected chi connectivity index (χ3v) is 2.17. The fraction of sp³-hybridized carbons (Fsp3) is 0.750. The zero-order chi connectivity index (χ0) is 10.2. The number of carbonyl (C=O) groups excluding carboxylic acids is 2. The number of rotatable bonds is 2. The molecule has 0 aromatic heterocycles. The van der Waals surface area contributed by atoms with Gasteiger partial charge in [0.2, 0.25) is 0 Å². The average molecular weight is 185 g/mol. The maximum atomic E-state index is 11.3. The van der Waals surface area contributed by atoms with Crippen molar-refractivity contribution in [3.8, 4) is 0 Å². The lowest BCUT2D eigenvalue weighted by Crippen LogP contribution is -2.48. The molecular weight excluding hydrogens is 170 g/mol. The smallest absolute Gasteiger partial charge is 0.325 e. The topological polar surface area (TPSA) is 75.4 Å². The van der Waals surface area contributed by atoms with E-state index in [4.69, 9.17) is 5.73 Å². The number of amides is 3. The van der Waals surface area contributed by atoms with Crippen LogP contribution in [0.4, 0.5) is 4.79 Å². The van der Waals surface area contributed by atoms with Crippen LogP contribution in [-0.2, 0) is 4.79 Å². The van der Waals surface area contributed by atoms with Gasteiger partial charge in [-0.15, -0.1) is 0 Å². The van der Waals surface area contributed by atoms with Crippen molar-refractivity contribution < 1.29 is 9.59 Å². The second-order valence-electron chi connectivity index (χ2n) is 3.91. The van der Waals surface area contributed by atoms with Crippen LogP contribution in [0.1, 0.15) is 20.8 Å². The monoisotopic (exact) mass is 185 g/mol. The molecule has 0 aromatic carbocycles. The maximum absolute atomic E-state index is 11.3. The minimum Gasteiger partial charge on any atom is -0.326 e. The minimum atomic E-state index is -0.773. The number of urea groups is 1. The number of nitrogens with two attached hydrogens (primary N) is 1. The molecule has 5 heteroatoms. The van der Waals surface area contributed by atoms with Gasteiger partial charge in [0.05, 0.1) is 0 Å². The van der Waals surface area contributed by atoms with Gasteiger partial charge in [-0.2, -0.15) is 0 Å². The lowest BCUT2D eigenvalue weighted by Gasteiger charge is -2.29. The summed E-state index contributed by atoms with van der Waals surface area (Å²) in [4.78, 5) is 24.0. The first-order chi connectivity index (χ1) is 5.85. The Bertz CT molecular complexity index is 248. The molecule has 13 heavy (non-hydrogen) atoms. The van der Waals surface area contributed by atoms with E-state index in [1.807, 2.05) is 0 Å². The standard InChI is InChI=1S/C8H15N3O2/c1-5(9)4-11-7(13)10-6(12)8(11,2)3/h5H,4,9H2,1-3H3,(H,10,12,13). The summed E-state index contributed by atoms with van der Waals surface area (Å²) < 4.78 is 0. The highest BCUT2D eigenvalue weighted by molar-refractivity contribution is 6.06. The third-order valence-electron chi connectivity index (χ3n) is 2.17. The van der Waals surface area contributed by atoms with Crippen molar-refractivity contribution in [3.63, 3.8) is 0 Å². The quantitative estimate of drug-likeness (QED) is 0.578. The molecular formula is C8H15N3O2. The van der Waals surface area contributed by atoms with E-state index in [-0.39, 0.29) is 18.0 Å². The SMILES string of the molecule is CC(N)CN1C(=O)NC(=O)C1(C)C. The van der Waals surface area contributed by atoms with Crippen LogP contribution < -0.4 is 11.1 Å². The molecule has 0 bridgehead atoms. The zero-order valence-corrected chi connectivity index (χ0v) is 8.13. The molecule has 1 aliphatic rings. The van der Waals surface area contributed by atoms with Gasteiger partial charge in [0, 0.05) is 12.6 Å². The van der Waals surface area contributed by atoms with Crippen molar-refractivity contribution in [2.75, 3.05) is 6.54 Å². The summed E-state index contributed by atoms with van der Waals surface area (Å²) in [5, 5.41) is 2.26. The lowest BCUT2D eigenvalue weighted by molar-refractivity contribution is -0.125. The zero-order valence-electron chi connectivity index (χ0n) is 8.13. The van der Waals surface area contributed by atoms with Crippen molar-refractivity contribution >= 4 is 11.9 Å². The summed E-state index contributed by atoms with van der Waals surface area (Å²) in [5.41, 5.74) is 4.79.